The number of aryl methyl sites for hydroxylation is 1. The van der Waals surface area contributed by atoms with Crippen molar-refractivity contribution in [3.63, 3.8) is 0 Å². The molecule has 2 aromatic heterocycles. The molecule has 0 atom stereocenters. The number of aromatic amines is 1. The number of anilines is 1. The molecule has 0 aromatic carbocycles. The predicted molar refractivity (Wildman–Crippen MR) is 62.5 cm³/mol. The number of hydrogen-bond acceptors (Lipinski definition) is 5. The van der Waals surface area contributed by atoms with Crippen LogP contribution in [-0.4, -0.2) is 15.2 Å². The molecule has 0 spiro atoms. The van der Waals surface area contributed by atoms with Crippen molar-refractivity contribution in [2.75, 3.05) is 5.32 Å². The predicted octanol–water partition coefficient (Wildman–Crippen LogP) is 2.31. The van der Waals surface area contributed by atoms with E-state index in [1.807, 2.05) is 13.0 Å². The molecule has 2 aromatic rings. The Kier molecular flexibility index (Phi) is 3.08. The van der Waals surface area contributed by atoms with Crippen LogP contribution in [0.5, 0.6) is 0 Å². The third-order valence-corrected chi connectivity index (χ3v) is 3.36. The molecular weight excluding hydrogens is 246 g/mol. The minimum Gasteiger partial charge on any atom is -0.357 e. The molecule has 5 nitrogen and oxygen atoms in total. The molecule has 2 N–H and O–H groups in total. The van der Waals surface area contributed by atoms with E-state index in [0.29, 0.717) is 16.6 Å². The van der Waals surface area contributed by atoms with Gasteiger partial charge in [-0.15, -0.1) is 0 Å². The van der Waals surface area contributed by atoms with E-state index < -0.39 is 0 Å². The highest BCUT2D eigenvalue weighted by molar-refractivity contribution is 7.16. The Bertz CT molecular complexity index is 538. The zero-order valence-corrected chi connectivity index (χ0v) is 9.98. The van der Waals surface area contributed by atoms with Gasteiger partial charge in [0.1, 0.15) is 10.9 Å². The van der Waals surface area contributed by atoms with Gasteiger partial charge in [-0.1, -0.05) is 22.9 Å². The van der Waals surface area contributed by atoms with Gasteiger partial charge in [0.05, 0.1) is 6.20 Å². The lowest BCUT2D eigenvalue weighted by molar-refractivity contribution is 1.04. The monoisotopic (exact) mass is 253 g/mol. The molecule has 16 heavy (non-hydrogen) atoms. The highest BCUT2D eigenvalue weighted by Crippen LogP contribution is 2.26. The lowest BCUT2D eigenvalue weighted by Gasteiger charge is -1.99. The number of nitrogens with one attached hydrogen (secondary N) is 2. The molecule has 0 aliphatic carbocycles. The second kappa shape index (κ2) is 4.51. The minimum atomic E-state index is 0.249. The second-order valence-electron chi connectivity index (χ2n) is 3.12. The lowest BCUT2D eigenvalue weighted by Crippen LogP contribution is -1.98. The quantitative estimate of drug-likeness (QED) is 0.880. The number of hydrogen-bond donors (Lipinski definition) is 2. The first kappa shape index (κ1) is 10.9. The zero-order valence-electron chi connectivity index (χ0n) is 8.41. The Hall–Kier alpha value is -1.58. The third-order valence-electron chi connectivity index (χ3n) is 2.05. The fraction of sp³-hybridized carbons (Fsp3) is 0.222. The summed E-state index contributed by atoms with van der Waals surface area (Å²) in [4.78, 5) is 4.45. The summed E-state index contributed by atoms with van der Waals surface area (Å²) in [6.07, 6.45) is 1.75. The summed E-state index contributed by atoms with van der Waals surface area (Å²) >= 11 is 7.00. The number of aromatic nitrogens is 3. The summed E-state index contributed by atoms with van der Waals surface area (Å²) in [6, 6.07) is 1.99. The second-order valence-corrected chi connectivity index (χ2v) is 4.48. The Morgan fingerprint density at radius 1 is 1.69 bits per heavy atom. The normalized spacial score (nSPS) is 10.1. The van der Waals surface area contributed by atoms with Crippen molar-refractivity contribution in [2.24, 2.45) is 0 Å². The molecule has 82 valence electrons. The number of halogens is 1. The summed E-state index contributed by atoms with van der Waals surface area (Å²) < 4.78 is 0. The summed E-state index contributed by atoms with van der Waals surface area (Å²) in [7, 11) is 0. The van der Waals surface area contributed by atoms with E-state index in [0.717, 1.165) is 11.3 Å². The van der Waals surface area contributed by atoms with Gasteiger partial charge in [-0.05, 0) is 6.92 Å². The summed E-state index contributed by atoms with van der Waals surface area (Å²) in [5.41, 5.74) is 2.07. The molecule has 2 rings (SSSR count). The molecule has 0 aliphatic rings. The Balaban J connectivity index is 2.06. The van der Waals surface area contributed by atoms with Crippen LogP contribution in [0.3, 0.4) is 0 Å². The number of thiazole rings is 1. The first-order valence-electron chi connectivity index (χ1n) is 4.50. The van der Waals surface area contributed by atoms with E-state index >= 15 is 0 Å². The zero-order chi connectivity index (χ0) is 11.5. The van der Waals surface area contributed by atoms with Crippen molar-refractivity contribution in [1.29, 1.82) is 5.26 Å². The number of nitrogens with zero attached hydrogens (tertiary/aromatic N) is 3. The van der Waals surface area contributed by atoms with Gasteiger partial charge in [-0.25, -0.2) is 4.98 Å². The van der Waals surface area contributed by atoms with Crippen molar-refractivity contribution in [3.8, 4) is 6.07 Å². The Morgan fingerprint density at radius 3 is 3.06 bits per heavy atom. The molecule has 0 saturated carbocycles. The van der Waals surface area contributed by atoms with Crippen LogP contribution in [-0.2, 0) is 6.54 Å². The summed E-state index contributed by atoms with van der Waals surface area (Å²) in [5.74, 6) is 0. The van der Waals surface area contributed by atoms with Gasteiger partial charge in [0, 0.05) is 17.8 Å². The topological polar surface area (TPSA) is 77.4 Å². The van der Waals surface area contributed by atoms with Crippen LogP contribution in [0.2, 0.25) is 5.15 Å². The molecule has 2 heterocycles. The van der Waals surface area contributed by atoms with Crippen LogP contribution in [0.1, 0.15) is 16.1 Å². The fourth-order valence-corrected chi connectivity index (χ4v) is 2.11. The number of rotatable bonds is 3. The molecule has 0 amide bonds. The average Bonchev–Trinajstić information content (AvgIpc) is 2.82. The van der Waals surface area contributed by atoms with Crippen molar-refractivity contribution in [3.05, 3.63) is 27.5 Å². The highest BCUT2D eigenvalue weighted by Gasteiger charge is 2.08. The van der Waals surface area contributed by atoms with Gasteiger partial charge in [0.15, 0.2) is 10.3 Å². The maximum absolute atomic E-state index is 8.72. The van der Waals surface area contributed by atoms with Crippen LogP contribution in [0, 0.1) is 18.3 Å². The molecular formula is C9H8ClN5S. The molecule has 0 saturated heterocycles. The van der Waals surface area contributed by atoms with E-state index in [4.69, 9.17) is 16.9 Å². The number of nitriles is 1. The van der Waals surface area contributed by atoms with E-state index in [-0.39, 0.29) is 5.15 Å². The molecule has 0 fully saturated rings. The van der Waals surface area contributed by atoms with Crippen LogP contribution < -0.4 is 5.32 Å². The van der Waals surface area contributed by atoms with E-state index in [2.05, 4.69) is 20.5 Å². The number of H-pyrrole nitrogens is 1. The van der Waals surface area contributed by atoms with Crippen molar-refractivity contribution in [2.45, 2.75) is 13.5 Å². The Labute approximate surface area is 101 Å². The van der Waals surface area contributed by atoms with Gasteiger partial charge in [0.2, 0.25) is 0 Å². The lowest BCUT2D eigenvalue weighted by atomic mass is 10.3. The Morgan fingerprint density at radius 2 is 2.50 bits per heavy atom. The molecule has 0 aliphatic heterocycles. The van der Waals surface area contributed by atoms with Crippen LogP contribution >= 0.6 is 22.9 Å². The SMILES string of the molecule is Cc1[nH]ncc1CNc1nc(Cl)c(C#N)s1. The molecule has 0 unspecified atom stereocenters. The van der Waals surface area contributed by atoms with Gasteiger partial charge in [-0.3, -0.25) is 5.10 Å². The van der Waals surface area contributed by atoms with E-state index in [1.54, 1.807) is 6.20 Å². The van der Waals surface area contributed by atoms with E-state index in [1.165, 1.54) is 11.3 Å². The van der Waals surface area contributed by atoms with Crippen molar-refractivity contribution in [1.82, 2.24) is 15.2 Å². The summed E-state index contributed by atoms with van der Waals surface area (Å²) in [5, 5.41) is 19.5. The molecule has 7 heteroatoms. The smallest absolute Gasteiger partial charge is 0.185 e. The van der Waals surface area contributed by atoms with E-state index in [9.17, 15) is 0 Å². The van der Waals surface area contributed by atoms with Crippen LogP contribution in [0.15, 0.2) is 6.20 Å². The van der Waals surface area contributed by atoms with Gasteiger partial charge >= 0.3 is 0 Å². The standard InChI is InChI=1S/C9H8ClN5S/c1-5-6(4-13-15-5)3-12-9-14-8(10)7(2-11)16-9/h4H,3H2,1H3,(H,12,14)(H,13,15). The van der Waals surface area contributed by atoms with Crippen LogP contribution in [0.25, 0.3) is 0 Å². The van der Waals surface area contributed by atoms with Crippen molar-refractivity contribution >= 4 is 28.1 Å². The highest BCUT2D eigenvalue weighted by atomic mass is 35.5. The minimum absolute atomic E-state index is 0.249. The van der Waals surface area contributed by atoms with Gasteiger partial charge in [0.25, 0.3) is 0 Å². The van der Waals surface area contributed by atoms with Crippen LogP contribution in [0.4, 0.5) is 5.13 Å². The van der Waals surface area contributed by atoms with Crippen molar-refractivity contribution < 1.29 is 0 Å². The maximum Gasteiger partial charge on any atom is 0.185 e. The maximum atomic E-state index is 8.72. The van der Waals surface area contributed by atoms with Gasteiger partial charge < -0.3 is 5.32 Å². The molecule has 0 radical (unpaired) electrons. The fourth-order valence-electron chi connectivity index (χ4n) is 1.17. The molecule has 0 bridgehead atoms. The third kappa shape index (κ3) is 2.15. The first-order valence-corrected chi connectivity index (χ1v) is 5.69. The first-order chi connectivity index (χ1) is 7.70. The largest absolute Gasteiger partial charge is 0.357 e. The average molecular weight is 254 g/mol. The summed E-state index contributed by atoms with van der Waals surface area (Å²) in [6.45, 7) is 2.55. The van der Waals surface area contributed by atoms with Gasteiger partial charge in [-0.2, -0.15) is 10.4 Å².